The summed E-state index contributed by atoms with van der Waals surface area (Å²) in [6.45, 7) is 7.19. The van der Waals surface area contributed by atoms with Crippen LogP contribution >= 0.6 is 0 Å². The molecule has 2 heterocycles. The average molecular weight is 261 g/mol. The quantitative estimate of drug-likeness (QED) is 0.904. The molecule has 3 heteroatoms. The van der Waals surface area contributed by atoms with E-state index in [1.165, 1.54) is 37.7 Å². The average Bonchev–Trinajstić information content (AvgIpc) is 2.65. The van der Waals surface area contributed by atoms with Gasteiger partial charge in [0.25, 0.3) is 0 Å². The van der Waals surface area contributed by atoms with Crippen molar-refractivity contribution >= 4 is 5.82 Å². The molecule has 0 aliphatic carbocycles. The first kappa shape index (κ1) is 14.3. The van der Waals surface area contributed by atoms with E-state index in [1.54, 1.807) is 0 Å². The van der Waals surface area contributed by atoms with Crippen LogP contribution in [0.4, 0.5) is 5.82 Å². The van der Waals surface area contributed by atoms with Crippen LogP contribution in [-0.2, 0) is 6.54 Å². The van der Waals surface area contributed by atoms with Crippen molar-refractivity contribution in [2.75, 3.05) is 18.0 Å². The van der Waals surface area contributed by atoms with E-state index < -0.39 is 0 Å². The largest absolute Gasteiger partial charge is 0.356 e. The Morgan fingerprint density at radius 1 is 1.32 bits per heavy atom. The third-order valence-electron chi connectivity index (χ3n) is 4.16. The molecule has 2 N–H and O–H groups in total. The highest BCUT2D eigenvalue weighted by Crippen LogP contribution is 2.26. The molecule has 1 aromatic rings. The topological polar surface area (TPSA) is 42.2 Å². The lowest BCUT2D eigenvalue weighted by Gasteiger charge is -2.24. The third kappa shape index (κ3) is 3.69. The van der Waals surface area contributed by atoms with Gasteiger partial charge >= 0.3 is 0 Å². The van der Waals surface area contributed by atoms with Crippen LogP contribution in [0.2, 0.25) is 0 Å². The molecule has 1 aromatic heterocycles. The Labute approximate surface area is 117 Å². The molecule has 1 saturated heterocycles. The summed E-state index contributed by atoms with van der Waals surface area (Å²) < 4.78 is 0. The minimum atomic E-state index is 0.581. The molecule has 0 spiro atoms. The third-order valence-corrected chi connectivity index (χ3v) is 4.16. The van der Waals surface area contributed by atoms with E-state index in [0.29, 0.717) is 6.54 Å². The molecule has 0 saturated carbocycles. The number of rotatable bonds is 4. The molecule has 3 nitrogen and oxygen atoms in total. The van der Waals surface area contributed by atoms with Crippen molar-refractivity contribution in [3.05, 3.63) is 23.4 Å². The fourth-order valence-corrected chi connectivity index (χ4v) is 3.08. The van der Waals surface area contributed by atoms with E-state index in [-0.39, 0.29) is 0 Å². The Hall–Kier alpha value is -1.09. The van der Waals surface area contributed by atoms with E-state index >= 15 is 0 Å². The number of anilines is 1. The number of aromatic nitrogens is 1. The Balaban J connectivity index is 2.11. The van der Waals surface area contributed by atoms with Crippen LogP contribution in [0.1, 0.15) is 50.3 Å². The summed E-state index contributed by atoms with van der Waals surface area (Å²) in [6.07, 6.45) is 6.63. The molecule has 1 atom stereocenters. The predicted octanol–water partition coefficient (Wildman–Crippen LogP) is 3.26. The summed E-state index contributed by atoms with van der Waals surface area (Å²) in [7, 11) is 0. The number of hydrogen-bond donors (Lipinski definition) is 1. The van der Waals surface area contributed by atoms with Crippen molar-refractivity contribution in [3.8, 4) is 0 Å². The molecule has 1 aliphatic rings. The Bertz CT molecular complexity index is 403. The van der Waals surface area contributed by atoms with Crippen LogP contribution in [-0.4, -0.2) is 18.1 Å². The predicted molar refractivity (Wildman–Crippen MR) is 81.3 cm³/mol. The van der Waals surface area contributed by atoms with E-state index in [2.05, 4.69) is 30.9 Å². The zero-order valence-electron chi connectivity index (χ0n) is 12.4. The number of aryl methyl sites for hydroxylation is 1. The van der Waals surface area contributed by atoms with Crippen LogP contribution < -0.4 is 10.6 Å². The summed E-state index contributed by atoms with van der Waals surface area (Å²) in [4.78, 5) is 7.18. The smallest absolute Gasteiger partial charge is 0.133 e. The van der Waals surface area contributed by atoms with Gasteiger partial charge in [0.2, 0.25) is 0 Å². The van der Waals surface area contributed by atoms with Crippen molar-refractivity contribution in [1.29, 1.82) is 0 Å². The second-order valence-corrected chi connectivity index (χ2v) is 5.71. The Morgan fingerprint density at radius 2 is 2.16 bits per heavy atom. The van der Waals surface area contributed by atoms with Gasteiger partial charge < -0.3 is 10.6 Å². The van der Waals surface area contributed by atoms with Crippen LogP contribution in [0.15, 0.2) is 12.1 Å². The van der Waals surface area contributed by atoms with Gasteiger partial charge in [0.05, 0.1) is 0 Å². The first-order valence-corrected chi connectivity index (χ1v) is 7.66. The SMILES string of the molecule is CCCC1CCCN(c2nc(C)ccc2CN)CC1. The maximum atomic E-state index is 5.85. The highest BCUT2D eigenvalue weighted by Gasteiger charge is 2.19. The van der Waals surface area contributed by atoms with Gasteiger partial charge in [0, 0.05) is 30.9 Å². The number of hydrogen-bond acceptors (Lipinski definition) is 3. The van der Waals surface area contributed by atoms with Crippen LogP contribution in [0.3, 0.4) is 0 Å². The molecule has 1 fully saturated rings. The Morgan fingerprint density at radius 3 is 2.89 bits per heavy atom. The maximum absolute atomic E-state index is 5.85. The van der Waals surface area contributed by atoms with Gasteiger partial charge in [-0.05, 0) is 38.2 Å². The molecule has 0 aromatic carbocycles. The highest BCUT2D eigenvalue weighted by atomic mass is 15.2. The maximum Gasteiger partial charge on any atom is 0.133 e. The van der Waals surface area contributed by atoms with E-state index in [1.807, 2.05) is 0 Å². The lowest BCUT2D eigenvalue weighted by molar-refractivity contribution is 0.435. The standard InChI is InChI=1S/C16H27N3/c1-3-5-14-6-4-10-19(11-9-14)16-15(12-17)8-7-13(2)18-16/h7-8,14H,3-6,9-12,17H2,1-2H3. The molecule has 0 bridgehead atoms. The van der Waals surface area contributed by atoms with E-state index in [4.69, 9.17) is 10.7 Å². The van der Waals surface area contributed by atoms with E-state index in [9.17, 15) is 0 Å². The van der Waals surface area contributed by atoms with Gasteiger partial charge in [-0.1, -0.05) is 25.8 Å². The minimum Gasteiger partial charge on any atom is -0.356 e. The summed E-state index contributed by atoms with van der Waals surface area (Å²) in [5, 5.41) is 0. The van der Waals surface area contributed by atoms with Gasteiger partial charge in [-0.15, -0.1) is 0 Å². The molecule has 106 valence electrons. The summed E-state index contributed by atoms with van der Waals surface area (Å²) in [6, 6.07) is 4.19. The van der Waals surface area contributed by atoms with Gasteiger partial charge in [-0.25, -0.2) is 4.98 Å². The normalized spacial score (nSPS) is 20.4. The molecular formula is C16H27N3. The lowest BCUT2D eigenvalue weighted by atomic mass is 9.96. The first-order valence-electron chi connectivity index (χ1n) is 7.66. The van der Waals surface area contributed by atoms with Gasteiger partial charge in [-0.2, -0.15) is 0 Å². The molecule has 1 unspecified atom stereocenters. The monoisotopic (exact) mass is 261 g/mol. The zero-order valence-corrected chi connectivity index (χ0v) is 12.4. The van der Waals surface area contributed by atoms with Crippen molar-refractivity contribution in [3.63, 3.8) is 0 Å². The summed E-state index contributed by atoms with van der Waals surface area (Å²) >= 11 is 0. The second kappa shape index (κ2) is 6.90. The fraction of sp³-hybridized carbons (Fsp3) is 0.688. The lowest BCUT2D eigenvalue weighted by Crippen LogP contribution is -2.27. The highest BCUT2D eigenvalue weighted by molar-refractivity contribution is 5.47. The van der Waals surface area contributed by atoms with Gasteiger partial charge in [0.15, 0.2) is 0 Å². The molecule has 1 aliphatic heterocycles. The van der Waals surface area contributed by atoms with Crippen LogP contribution in [0, 0.1) is 12.8 Å². The molecule has 2 rings (SSSR count). The van der Waals surface area contributed by atoms with Crippen LogP contribution in [0.25, 0.3) is 0 Å². The second-order valence-electron chi connectivity index (χ2n) is 5.71. The van der Waals surface area contributed by atoms with Crippen molar-refractivity contribution in [1.82, 2.24) is 4.98 Å². The van der Waals surface area contributed by atoms with Crippen molar-refractivity contribution < 1.29 is 0 Å². The molecule has 19 heavy (non-hydrogen) atoms. The molecule has 0 radical (unpaired) electrons. The number of pyridine rings is 1. The van der Waals surface area contributed by atoms with Gasteiger partial charge in [-0.3, -0.25) is 0 Å². The van der Waals surface area contributed by atoms with Crippen LogP contribution in [0.5, 0.6) is 0 Å². The van der Waals surface area contributed by atoms with E-state index in [0.717, 1.165) is 30.5 Å². The minimum absolute atomic E-state index is 0.581. The zero-order chi connectivity index (χ0) is 13.7. The number of nitrogens with zero attached hydrogens (tertiary/aromatic N) is 2. The van der Waals surface area contributed by atoms with Gasteiger partial charge in [0.1, 0.15) is 5.82 Å². The molecule has 0 amide bonds. The Kier molecular flexibility index (Phi) is 5.20. The summed E-state index contributed by atoms with van der Waals surface area (Å²) in [5.41, 5.74) is 8.12. The number of nitrogens with two attached hydrogens (primary N) is 1. The van der Waals surface area contributed by atoms with Crippen molar-refractivity contribution in [2.24, 2.45) is 11.7 Å². The molecular weight excluding hydrogens is 234 g/mol. The first-order chi connectivity index (χ1) is 9.24. The fourth-order valence-electron chi connectivity index (χ4n) is 3.08. The van der Waals surface area contributed by atoms with Crippen molar-refractivity contribution in [2.45, 2.75) is 52.5 Å². The summed E-state index contributed by atoms with van der Waals surface area (Å²) in [5.74, 6) is 2.03.